The van der Waals surface area contributed by atoms with Crippen molar-refractivity contribution in [2.24, 2.45) is 0 Å². The van der Waals surface area contributed by atoms with Gasteiger partial charge in [-0.25, -0.2) is 0 Å². The first-order chi connectivity index (χ1) is 6.10. The van der Waals surface area contributed by atoms with E-state index in [0.29, 0.717) is 0 Å². The predicted octanol–water partition coefficient (Wildman–Crippen LogP) is 1.11. The zero-order valence-corrected chi connectivity index (χ0v) is 8.61. The lowest BCUT2D eigenvalue weighted by Crippen LogP contribution is -1.93. The Balaban J connectivity index is -0.000000117. The van der Waals surface area contributed by atoms with Crippen molar-refractivity contribution in [2.75, 3.05) is 13.2 Å². The predicted molar refractivity (Wildman–Crippen MR) is 56.5 cm³/mol. The molecule has 0 amide bonds. The lowest BCUT2D eigenvalue weighted by Gasteiger charge is -1.90. The smallest absolute Gasteiger partial charge is 0.0609 e. The lowest BCUT2D eigenvalue weighted by atomic mass is 10.3. The van der Waals surface area contributed by atoms with Crippen LogP contribution in [0.15, 0.2) is 25.3 Å². The minimum Gasteiger partial charge on any atom is -0.393 e. The quantitative estimate of drug-likeness (QED) is 0.584. The van der Waals surface area contributed by atoms with Crippen molar-refractivity contribution < 1.29 is 15.3 Å². The molecule has 0 saturated carbocycles. The summed E-state index contributed by atoms with van der Waals surface area (Å²) in [7, 11) is 0. The fourth-order valence-corrected chi connectivity index (χ4v) is 0. The van der Waals surface area contributed by atoms with Gasteiger partial charge < -0.3 is 15.3 Å². The number of aliphatic hydroxyl groups is 3. The van der Waals surface area contributed by atoms with Crippen molar-refractivity contribution in [3.05, 3.63) is 25.3 Å². The third-order valence-corrected chi connectivity index (χ3v) is 0.849. The van der Waals surface area contributed by atoms with Crippen LogP contribution < -0.4 is 0 Å². The van der Waals surface area contributed by atoms with E-state index in [1.165, 1.54) is 12.2 Å². The minimum atomic E-state index is -0.116. The van der Waals surface area contributed by atoms with Gasteiger partial charge in [0.1, 0.15) is 0 Å². The molecule has 0 aliphatic heterocycles. The van der Waals surface area contributed by atoms with Gasteiger partial charge in [0.25, 0.3) is 0 Å². The van der Waals surface area contributed by atoms with Gasteiger partial charge in [-0.05, 0) is 13.3 Å². The molecule has 3 nitrogen and oxygen atoms in total. The second-order valence-corrected chi connectivity index (χ2v) is 2.20. The molecule has 0 fully saturated rings. The maximum absolute atomic E-state index is 8.36. The summed E-state index contributed by atoms with van der Waals surface area (Å²) in [5.41, 5.74) is 0. The molecule has 0 aliphatic carbocycles. The molecule has 3 heteroatoms. The third kappa shape index (κ3) is 88.2. The van der Waals surface area contributed by atoms with Gasteiger partial charge in [0.05, 0.1) is 19.3 Å². The van der Waals surface area contributed by atoms with Crippen molar-refractivity contribution in [3.8, 4) is 0 Å². The molecular weight excluding hydrogens is 168 g/mol. The maximum atomic E-state index is 8.36. The highest BCUT2D eigenvalue weighted by molar-refractivity contribution is 4.61. The van der Waals surface area contributed by atoms with Crippen LogP contribution in [0.4, 0.5) is 0 Å². The second kappa shape index (κ2) is 22.5. The maximum Gasteiger partial charge on any atom is 0.0609 e. The summed E-state index contributed by atoms with van der Waals surface area (Å²) in [6.07, 6.45) is 3.61. The summed E-state index contributed by atoms with van der Waals surface area (Å²) >= 11 is 0. The molecule has 0 bridgehead atoms. The van der Waals surface area contributed by atoms with Crippen molar-refractivity contribution in [2.45, 2.75) is 26.4 Å². The van der Waals surface area contributed by atoms with Gasteiger partial charge in [-0.3, -0.25) is 0 Å². The second-order valence-electron chi connectivity index (χ2n) is 2.20. The van der Waals surface area contributed by atoms with Crippen LogP contribution in [0.3, 0.4) is 0 Å². The van der Waals surface area contributed by atoms with E-state index in [2.05, 4.69) is 13.2 Å². The molecule has 13 heavy (non-hydrogen) atoms. The molecule has 0 aromatic heterocycles. The zero-order chi connectivity index (χ0) is 11.1. The van der Waals surface area contributed by atoms with Crippen LogP contribution in [0.25, 0.3) is 0 Å². The molecule has 0 heterocycles. The van der Waals surface area contributed by atoms with Crippen LogP contribution in [0.1, 0.15) is 20.3 Å². The van der Waals surface area contributed by atoms with E-state index in [9.17, 15) is 0 Å². The van der Waals surface area contributed by atoms with Crippen LogP contribution in [0.2, 0.25) is 0 Å². The highest BCUT2D eigenvalue weighted by Crippen LogP contribution is 1.81. The molecule has 3 N–H and O–H groups in total. The molecule has 0 aromatic carbocycles. The van der Waals surface area contributed by atoms with Gasteiger partial charge >= 0.3 is 0 Å². The Bertz CT molecular complexity index is 82.2. The zero-order valence-electron chi connectivity index (χ0n) is 8.61. The molecule has 0 radical (unpaired) electrons. The number of rotatable bonds is 3. The van der Waals surface area contributed by atoms with Gasteiger partial charge in [-0.1, -0.05) is 19.1 Å². The Hall–Kier alpha value is -0.640. The van der Waals surface area contributed by atoms with Gasteiger partial charge in [0.2, 0.25) is 0 Å². The van der Waals surface area contributed by atoms with E-state index in [-0.39, 0.29) is 19.3 Å². The average molecular weight is 190 g/mol. The van der Waals surface area contributed by atoms with Crippen LogP contribution in [-0.4, -0.2) is 34.6 Å². The summed E-state index contributed by atoms with van der Waals surface area (Å²) in [6.45, 7) is 10.4. The molecule has 0 rings (SSSR count). The van der Waals surface area contributed by atoms with Gasteiger partial charge in [0, 0.05) is 0 Å². The van der Waals surface area contributed by atoms with E-state index in [4.69, 9.17) is 15.3 Å². The Morgan fingerprint density at radius 3 is 1.31 bits per heavy atom. The highest BCUT2D eigenvalue weighted by atomic mass is 16.3. The van der Waals surface area contributed by atoms with Crippen molar-refractivity contribution in [1.82, 2.24) is 0 Å². The standard InChI is InChI=1S/C4H10O.2C3H6O/c1-3-4(2)5;2*1-2-3-4/h4-5H,3H2,1-2H3;2*2,4H,1,3H2. The first-order valence-corrected chi connectivity index (χ1v) is 4.22. The highest BCUT2D eigenvalue weighted by Gasteiger charge is 1.81. The van der Waals surface area contributed by atoms with Crippen molar-refractivity contribution in [3.63, 3.8) is 0 Å². The van der Waals surface area contributed by atoms with Gasteiger partial charge in [-0.2, -0.15) is 0 Å². The van der Waals surface area contributed by atoms with Crippen LogP contribution in [0, 0.1) is 0 Å². The van der Waals surface area contributed by atoms with Crippen LogP contribution in [-0.2, 0) is 0 Å². The van der Waals surface area contributed by atoms with E-state index >= 15 is 0 Å². The molecule has 0 aromatic rings. The Labute approximate surface area is 81.0 Å². The summed E-state index contributed by atoms with van der Waals surface area (Å²) in [5.74, 6) is 0. The summed E-state index contributed by atoms with van der Waals surface area (Å²) in [6, 6.07) is 0. The number of hydrogen-bond acceptors (Lipinski definition) is 3. The van der Waals surface area contributed by atoms with E-state index in [0.717, 1.165) is 6.42 Å². The normalized spacial score (nSPS) is 9.62. The van der Waals surface area contributed by atoms with Gasteiger partial charge in [0.15, 0.2) is 0 Å². The fourth-order valence-electron chi connectivity index (χ4n) is 0. The van der Waals surface area contributed by atoms with E-state index < -0.39 is 0 Å². The molecule has 1 atom stereocenters. The van der Waals surface area contributed by atoms with Crippen molar-refractivity contribution >= 4 is 0 Å². The first kappa shape index (κ1) is 18.2. The molecule has 0 spiro atoms. The SMILES string of the molecule is C=CCO.C=CCO.CCC(C)O. The van der Waals surface area contributed by atoms with Gasteiger partial charge in [-0.15, -0.1) is 13.2 Å². The van der Waals surface area contributed by atoms with Crippen LogP contribution >= 0.6 is 0 Å². The topological polar surface area (TPSA) is 60.7 Å². The monoisotopic (exact) mass is 190 g/mol. The Morgan fingerprint density at radius 1 is 1.15 bits per heavy atom. The van der Waals surface area contributed by atoms with E-state index in [1.807, 2.05) is 6.92 Å². The minimum absolute atomic E-state index is 0.0833. The fraction of sp³-hybridized carbons (Fsp3) is 0.600. The summed E-state index contributed by atoms with van der Waals surface area (Å²) < 4.78 is 0. The number of aliphatic hydroxyl groups excluding tert-OH is 3. The molecule has 0 aliphatic rings. The summed E-state index contributed by atoms with van der Waals surface area (Å²) in [5, 5.41) is 23.9. The Morgan fingerprint density at radius 2 is 1.31 bits per heavy atom. The van der Waals surface area contributed by atoms with Crippen LogP contribution in [0.5, 0.6) is 0 Å². The van der Waals surface area contributed by atoms with Crippen molar-refractivity contribution in [1.29, 1.82) is 0 Å². The number of hydrogen-bond donors (Lipinski definition) is 3. The third-order valence-electron chi connectivity index (χ3n) is 0.849. The lowest BCUT2D eigenvalue weighted by molar-refractivity contribution is 0.191. The molecule has 1 unspecified atom stereocenters. The summed E-state index contributed by atoms with van der Waals surface area (Å²) in [4.78, 5) is 0. The Kier molecular flexibility index (Phi) is 31.5. The first-order valence-electron chi connectivity index (χ1n) is 4.22. The molecule has 80 valence electrons. The average Bonchev–Trinajstić information content (AvgIpc) is 2.18. The van der Waals surface area contributed by atoms with E-state index in [1.54, 1.807) is 6.92 Å². The largest absolute Gasteiger partial charge is 0.393 e. The molecule has 0 saturated heterocycles. The molecular formula is C10H22O3.